The second kappa shape index (κ2) is 15.8. The van der Waals surface area contributed by atoms with Crippen LogP contribution in [0.2, 0.25) is 0 Å². The van der Waals surface area contributed by atoms with Gasteiger partial charge in [-0.05, 0) is 175 Å². The minimum absolute atomic E-state index is 0.138. The first-order valence-corrected chi connectivity index (χ1v) is 23.7. The fraction of sp³-hybridized carbons (Fsp3) is 0.491. The van der Waals surface area contributed by atoms with Crippen molar-refractivity contribution >= 4 is 23.9 Å². The summed E-state index contributed by atoms with van der Waals surface area (Å²) in [5, 5.41) is 0. The van der Waals surface area contributed by atoms with Gasteiger partial charge in [0.2, 0.25) is 0 Å². The molecular weight excluding hydrogens is 789 g/mol. The molecule has 0 saturated heterocycles. The van der Waals surface area contributed by atoms with Crippen LogP contribution in [0.15, 0.2) is 84.9 Å². The van der Waals surface area contributed by atoms with Crippen LogP contribution in [0.25, 0.3) is 0 Å². The van der Waals surface area contributed by atoms with Crippen molar-refractivity contribution in [3.05, 3.63) is 118 Å². The molecule has 9 unspecified atom stereocenters. The van der Waals surface area contributed by atoms with Gasteiger partial charge in [-0.1, -0.05) is 84.6 Å². The van der Waals surface area contributed by atoms with Crippen LogP contribution in [0, 0.1) is 52.3 Å². The molecule has 6 aliphatic rings. The molecule has 2 heterocycles. The van der Waals surface area contributed by atoms with E-state index >= 15 is 0 Å². The van der Waals surface area contributed by atoms with Crippen LogP contribution in [-0.2, 0) is 14.9 Å². The van der Waals surface area contributed by atoms with E-state index in [1.54, 1.807) is 36.4 Å². The van der Waals surface area contributed by atoms with Crippen LogP contribution >= 0.6 is 0 Å². The number of carbonyl (C=O) groups excluding carboxylic acids is 4. The van der Waals surface area contributed by atoms with E-state index in [4.69, 9.17) is 18.9 Å². The molecule has 4 saturated carbocycles. The van der Waals surface area contributed by atoms with E-state index in [1.807, 2.05) is 18.2 Å². The Kier molecular flexibility index (Phi) is 10.5. The normalized spacial score (nSPS) is 31.0. The summed E-state index contributed by atoms with van der Waals surface area (Å²) >= 11 is 0. The smallest absolute Gasteiger partial charge is 0.347 e. The van der Waals surface area contributed by atoms with Gasteiger partial charge in [-0.15, -0.1) is 0 Å². The quantitative estimate of drug-likeness (QED) is 0.109. The summed E-state index contributed by atoms with van der Waals surface area (Å²) in [4.78, 5) is 49.0. The molecule has 0 N–H and O–H groups in total. The van der Waals surface area contributed by atoms with Gasteiger partial charge in [-0.3, -0.25) is 0 Å². The molecule has 2 aliphatic heterocycles. The molecule has 328 valence electrons. The average Bonchev–Trinajstić information content (AvgIpc) is 3.87. The Bertz CT molecular complexity index is 2490. The van der Waals surface area contributed by atoms with Crippen LogP contribution in [0.4, 0.5) is 0 Å². The molecule has 0 amide bonds. The molecule has 8 heteroatoms. The summed E-state index contributed by atoms with van der Waals surface area (Å²) in [5.41, 5.74) is 3.66. The number of fused-ring (bicyclic) bond motifs is 7. The second-order valence-corrected chi connectivity index (χ2v) is 20.9. The van der Waals surface area contributed by atoms with Crippen molar-refractivity contribution in [3.8, 4) is 23.0 Å². The fourth-order valence-corrected chi connectivity index (χ4v) is 14.6. The first kappa shape index (κ1) is 41.8. The number of cyclic esters (lactones) is 4. The lowest BCUT2D eigenvalue weighted by atomic mass is 9.39. The van der Waals surface area contributed by atoms with E-state index < -0.39 is 23.9 Å². The Labute approximate surface area is 371 Å². The number of hydrogen-bond acceptors (Lipinski definition) is 8. The Morgan fingerprint density at radius 3 is 1.84 bits per heavy atom. The third-order valence-corrected chi connectivity index (χ3v) is 17.4. The van der Waals surface area contributed by atoms with Crippen molar-refractivity contribution in [2.24, 2.45) is 52.3 Å². The van der Waals surface area contributed by atoms with Gasteiger partial charge in [0.1, 0.15) is 23.0 Å². The summed E-state index contributed by atoms with van der Waals surface area (Å²) in [5.74, 6) is 4.63. The molecule has 0 radical (unpaired) electrons. The molecular formula is C55H60O8. The summed E-state index contributed by atoms with van der Waals surface area (Å²) in [7, 11) is 0. The van der Waals surface area contributed by atoms with Crippen LogP contribution in [-0.4, -0.2) is 23.9 Å². The summed E-state index contributed by atoms with van der Waals surface area (Å²) < 4.78 is 22.5. The topological polar surface area (TPSA) is 105 Å². The molecule has 63 heavy (non-hydrogen) atoms. The summed E-state index contributed by atoms with van der Waals surface area (Å²) in [6.45, 7) is 12.6. The number of rotatable bonds is 11. The van der Waals surface area contributed by atoms with Gasteiger partial charge in [0.25, 0.3) is 0 Å². The largest absolute Gasteiger partial charge is 0.457 e. The molecule has 4 aromatic carbocycles. The Balaban J connectivity index is 0.985. The zero-order chi connectivity index (χ0) is 43.8. The van der Waals surface area contributed by atoms with Crippen molar-refractivity contribution in [1.82, 2.24) is 0 Å². The molecule has 9 atom stereocenters. The third-order valence-electron chi connectivity index (χ3n) is 17.4. The Morgan fingerprint density at radius 1 is 0.571 bits per heavy atom. The predicted molar refractivity (Wildman–Crippen MR) is 239 cm³/mol. The van der Waals surface area contributed by atoms with E-state index in [0.717, 1.165) is 48.9 Å². The molecule has 4 aromatic rings. The predicted octanol–water partition coefficient (Wildman–Crippen LogP) is 13.3. The number of benzene rings is 4. The average molecular weight is 849 g/mol. The number of ether oxygens (including phenoxy) is 4. The zero-order valence-corrected chi connectivity index (χ0v) is 37.4. The lowest BCUT2D eigenvalue weighted by Crippen LogP contribution is -2.59. The van der Waals surface area contributed by atoms with Crippen molar-refractivity contribution in [1.29, 1.82) is 0 Å². The summed E-state index contributed by atoms with van der Waals surface area (Å²) in [6, 6.07) is 26.8. The van der Waals surface area contributed by atoms with Gasteiger partial charge in [0, 0.05) is 5.41 Å². The van der Waals surface area contributed by atoms with E-state index in [-0.39, 0.29) is 33.1 Å². The first-order valence-electron chi connectivity index (χ1n) is 23.7. The lowest BCUT2D eigenvalue weighted by molar-refractivity contribution is -0.131. The van der Waals surface area contributed by atoms with E-state index in [9.17, 15) is 19.2 Å². The zero-order valence-electron chi connectivity index (χ0n) is 37.4. The van der Waals surface area contributed by atoms with Crippen LogP contribution in [0.3, 0.4) is 0 Å². The molecule has 8 nitrogen and oxygen atoms in total. The molecule has 0 bridgehead atoms. The highest BCUT2D eigenvalue weighted by molar-refractivity contribution is 6.15. The minimum Gasteiger partial charge on any atom is -0.457 e. The minimum atomic E-state index is -0.658. The molecule has 0 aromatic heterocycles. The molecule has 4 fully saturated rings. The van der Waals surface area contributed by atoms with Gasteiger partial charge in [0.05, 0.1) is 22.3 Å². The highest BCUT2D eigenvalue weighted by Gasteiger charge is 2.64. The number of hydrogen-bond donors (Lipinski definition) is 0. The van der Waals surface area contributed by atoms with Gasteiger partial charge < -0.3 is 18.9 Å². The lowest BCUT2D eigenvalue weighted by Gasteiger charge is -2.65. The second-order valence-electron chi connectivity index (χ2n) is 20.9. The molecule has 4 aliphatic carbocycles. The molecule has 0 spiro atoms. The van der Waals surface area contributed by atoms with Crippen molar-refractivity contribution < 1.29 is 38.1 Å². The fourth-order valence-electron chi connectivity index (χ4n) is 14.6. The Morgan fingerprint density at radius 2 is 1.17 bits per heavy atom. The maximum atomic E-state index is 12.4. The highest BCUT2D eigenvalue weighted by atomic mass is 16.6. The van der Waals surface area contributed by atoms with Gasteiger partial charge in [-0.2, -0.15) is 0 Å². The van der Waals surface area contributed by atoms with Gasteiger partial charge in [-0.25, -0.2) is 19.2 Å². The SMILES string of the molecule is CC(C)CCCC(C)C1CCC2C3CCC4C(c5ccc(Oc6ccc7c(c6)C(=O)OC7=O)cc5)(c5cccc(Oc6ccc7c(c6)C(=O)OC7=O)c5)CCCC4(C)C3CCC12C. The van der Waals surface area contributed by atoms with Crippen LogP contribution in [0.1, 0.15) is 164 Å². The van der Waals surface area contributed by atoms with Crippen molar-refractivity contribution in [3.63, 3.8) is 0 Å². The highest BCUT2D eigenvalue weighted by Crippen LogP contribution is 2.71. The van der Waals surface area contributed by atoms with Crippen molar-refractivity contribution in [2.45, 2.75) is 117 Å². The summed E-state index contributed by atoms with van der Waals surface area (Å²) in [6.07, 6.45) is 15.2. The van der Waals surface area contributed by atoms with E-state index in [1.165, 1.54) is 68.9 Å². The maximum absolute atomic E-state index is 12.4. The van der Waals surface area contributed by atoms with E-state index in [2.05, 4.69) is 65.0 Å². The standard InChI is InChI=1S/C55H60O8/c1-32(2)9-6-10-33(3)45-22-23-46-42-21-24-48-54(5,47(42)25-28-53(45,46)4)26-8-27-55(48,34-13-15-36(16-14-34)60-38-17-19-40-43(30-38)51(58)62-49(40)56)35-11-7-12-37(29-35)61-39-18-20-41-44(31-39)52(59)63-50(41)57/h7,11-20,29-33,42,45-48H,6,8-10,21-28H2,1-5H3. The van der Waals surface area contributed by atoms with Crippen molar-refractivity contribution in [2.75, 3.05) is 0 Å². The monoisotopic (exact) mass is 848 g/mol. The van der Waals surface area contributed by atoms with Crippen LogP contribution in [0.5, 0.6) is 23.0 Å². The Hall–Kier alpha value is -5.24. The van der Waals surface area contributed by atoms with E-state index in [0.29, 0.717) is 40.2 Å². The van der Waals surface area contributed by atoms with Gasteiger partial charge in [0.15, 0.2) is 0 Å². The maximum Gasteiger partial charge on any atom is 0.347 e. The van der Waals surface area contributed by atoms with Crippen LogP contribution < -0.4 is 9.47 Å². The third kappa shape index (κ3) is 6.93. The van der Waals surface area contributed by atoms with Gasteiger partial charge >= 0.3 is 23.9 Å². The first-order chi connectivity index (χ1) is 30.3. The number of esters is 4. The molecule has 10 rings (SSSR count). The number of carbonyl (C=O) groups is 4.